The lowest BCUT2D eigenvalue weighted by Crippen LogP contribution is -2.57. The van der Waals surface area contributed by atoms with Crippen molar-refractivity contribution in [2.75, 3.05) is 23.0 Å². The molecular weight excluding hydrogens is 468 g/mol. The second-order valence-electron chi connectivity index (χ2n) is 8.68. The van der Waals surface area contributed by atoms with Gasteiger partial charge in [0.15, 0.2) is 11.5 Å². The molecule has 1 aliphatic rings. The highest BCUT2D eigenvalue weighted by molar-refractivity contribution is 6.46. The van der Waals surface area contributed by atoms with Gasteiger partial charge in [0.2, 0.25) is 0 Å². The average molecular weight is 499 g/mol. The third kappa shape index (κ3) is 5.11. The van der Waals surface area contributed by atoms with Crippen LogP contribution in [-0.4, -0.2) is 31.1 Å². The largest absolute Gasteiger partial charge is 0.490 e. The zero-order valence-electron chi connectivity index (χ0n) is 21.5. The molecule has 1 heterocycles. The molecule has 0 saturated carbocycles. The van der Waals surface area contributed by atoms with E-state index < -0.39 is 17.8 Å². The Morgan fingerprint density at radius 2 is 1.30 bits per heavy atom. The molecule has 0 aliphatic carbocycles. The van der Waals surface area contributed by atoms with Crippen LogP contribution >= 0.6 is 0 Å². The first kappa shape index (κ1) is 25.7. The summed E-state index contributed by atoms with van der Waals surface area (Å²) in [6.45, 7) is 8.48. The fourth-order valence-electron chi connectivity index (χ4n) is 4.16. The Hall–Kier alpha value is -4.39. The van der Waals surface area contributed by atoms with Crippen LogP contribution in [0.1, 0.15) is 37.0 Å². The zero-order valence-corrected chi connectivity index (χ0v) is 21.5. The van der Waals surface area contributed by atoms with Crippen LogP contribution in [0.15, 0.2) is 72.3 Å². The number of hydrogen-bond donors (Lipinski definition) is 0. The number of barbiturate groups is 1. The number of carbonyl (C=O) groups excluding carboxylic acids is 3. The number of rotatable bonds is 8. The number of hydrogen-bond acceptors (Lipinski definition) is 5. The summed E-state index contributed by atoms with van der Waals surface area (Å²) in [6, 6.07) is 18.7. The van der Waals surface area contributed by atoms with Gasteiger partial charge in [-0.15, -0.1) is 0 Å². The van der Waals surface area contributed by atoms with Gasteiger partial charge in [-0.1, -0.05) is 49.4 Å². The van der Waals surface area contributed by atoms with Crippen molar-refractivity contribution < 1.29 is 23.9 Å². The first-order valence-corrected chi connectivity index (χ1v) is 12.3. The van der Waals surface area contributed by atoms with Gasteiger partial charge in [0, 0.05) is 0 Å². The molecule has 0 bridgehead atoms. The van der Waals surface area contributed by atoms with Gasteiger partial charge < -0.3 is 9.47 Å². The Morgan fingerprint density at radius 1 is 0.730 bits per heavy atom. The molecule has 1 fully saturated rings. The Kier molecular flexibility index (Phi) is 7.72. The summed E-state index contributed by atoms with van der Waals surface area (Å²) in [5, 5.41) is 0. The van der Waals surface area contributed by atoms with Gasteiger partial charge in [-0.3, -0.25) is 9.59 Å². The minimum atomic E-state index is -0.714. The van der Waals surface area contributed by atoms with Crippen molar-refractivity contribution in [2.45, 2.75) is 34.1 Å². The fraction of sp³-hybridized carbons (Fsp3) is 0.233. The Balaban J connectivity index is 1.85. The minimum absolute atomic E-state index is 0.129. The number of urea groups is 1. The van der Waals surface area contributed by atoms with Gasteiger partial charge in [0.05, 0.1) is 24.6 Å². The summed E-state index contributed by atoms with van der Waals surface area (Å²) >= 11 is 0. The van der Waals surface area contributed by atoms with Crippen molar-refractivity contribution in [1.82, 2.24) is 0 Å². The fourth-order valence-corrected chi connectivity index (χ4v) is 4.16. The summed E-state index contributed by atoms with van der Waals surface area (Å²) in [4.78, 5) is 43.2. The van der Waals surface area contributed by atoms with E-state index in [0.717, 1.165) is 27.3 Å². The molecule has 0 radical (unpaired) electrons. The topological polar surface area (TPSA) is 76.2 Å². The van der Waals surface area contributed by atoms with Crippen molar-refractivity contribution in [3.63, 3.8) is 0 Å². The number of ether oxygens (including phenoxy) is 2. The Labute approximate surface area is 216 Å². The standard InChI is InChI=1S/C30H30N2O5/c1-5-17-37-26-16-15-22(19-27(26)36-6-2)18-23-28(33)31(24-13-9-7-11-20(24)3)30(35)32(29(23)34)25-14-10-8-12-21(25)4/h7-16,18-19H,5-6,17H2,1-4H3. The maximum Gasteiger partial charge on any atom is 0.343 e. The molecule has 190 valence electrons. The maximum absolute atomic E-state index is 13.7. The second-order valence-corrected chi connectivity index (χ2v) is 8.68. The van der Waals surface area contributed by atoms with Crippen molar-refractivity contribution >= 4 is 35.3 Å². The van der Waals surface area contributed by atoms with Crippen LogP contribution in [0.3, 0.4) is 0 Å². The Bertz CT molecular complexity index is 1310. The summed E-state index contributed by atoms with van der Waals surface area (Å²) in [6.07, 6.45) is 2.34. The van der Waals surface area contributed by atoms with Crippen LogP contribution < -0.4 is 19.3 Å². The molecule has 0 spiro atoms. The second kappa shape index (κ2) is 11.1. The summed E-state index contributed by atoms with van der Waals surface area (Å²) in [5.41, 5.74) is 2.77. The molecule has 1 saturated heterocycles. The lowest BCUT2D eigenvalue weighted by atomic mass is 10.0. The molecule has 0 aromatic heterocycles. The predicted molar refractivity (Wildman–Crippen MR) is 144 cm³/mol. The van der Waals surface area contributed by atoms with Crippen LogP contribution in [-0.2, 0) is 9.59 Å². The third-order valence-electron chi connectivity index (χ3n) is 6.00. The highest BCUT2D eigenvalue weighted by Gasteiger charge is 2.44. The summed E-state index contributed by atoms with van der Waals surface area (Å²) in [7, 11) is 0. The number of amides is 4. The van der Waals surface area contributed by atoms with Crippen LogP contribution in [0.4, 0.5) is 16.2 Å². The average Bonchev–Trinajstić information content (AvgIpc) is 2.88. The predicted octanol–water partition coefficient (Wildman–Crippen LogP) is 6.07. The van der Waals surface area contributed by atoms with E-state index in [4.69, 9.17) is 9.47 Å². The van der Waals surface area contributed by atoms with Gasteiger partial charge in [0.25, 0.3) is 11.8 Å². The molecule has 7 heteroatoms. The van der Waals surface area contributed by atoms with Crippen molar-refractivity contribution in [1.29, 1.82) is 0 Å². The number of anilines is 2. The first-order valence-electron chi connectivity index (χ1n) is 12.3. The number of carbonyl (C=O) groups is 3. The number of imide groups is 2. The van der Waals surface area contributed by atoms with Crippen molar-refractivity contribution in [3.05, 3.63) is 89.0 Å². The van der Waals surface area contributed by atoms with E-state index in [1.807, 2.05) is 52.0 Å². The van der Waals surface area contributed by atoms with Gasteiger partial charge in [0.1, 0.15) is 5.57 Å². The first-order chi connectivity index (χ1) is 17.9. The van der Waals surface area contributed by atoms with Gasteiger partial charge >= 0.3 is 6.03 Å². The lowest BCUT2D eigenvalue weighted by molar-refractivity contribution is -0.121. The number of aryl methyl sites for hydroxylation is 2. The molecule has 4 amide bonds. The SMILES string of the molecule is CCCOc1ccc(C=C2C(=O)N(c3ccccc3C)C(=O)N(c3ccccc3C)C2=O)cc1OCC. The van der Waals surface area contributed by atoms with E-state index in [2.05, 4.69) is 0 Å². The number of nitrogens with zero attached hydrogens (tertiary/aromatic N) is 2. The molecular formula is C30H30N2O5. The van der Waals surface area contributed by atoms with E-state index in [9.17, 15) is 14.4 Å². The van der Waals surface area contributed by atoms with Crippen molar-refractivity contribution in [3.8, 4) is 11.5 Å². The molecule has 3 aromatic carbocycles. The van der Waals surface area contributed by atoms with Crippen molar-refractivity contribution in [2.24, 2.45) is 0 Å². The smallest absolute Gasteiger partial charge is 0.343 e. The maximum atomic E-state index is 13.7. The molecule has 1 aliphatic heterocycles. The van der Waals surface area contributed by atoms with Crippen LogP contribution in [0.2, 0.25) is 0 Å². The van der Waals surface area contributed by atoms with Gasteiger partial charge in [-0.05, 0) is 74.2 Å². The molecule has 0 unspecified atom stereocenters. The monoisotopic (exact) mass is 498 g/mol. The molecule has 4 rings (SSSR count). The summed E-state index contributed by atoms with van der Waals surface area (Å²) in [5.74, 6) is -0.259. The van der Waals surface area contributed by atoms with E-state index in [1.54, 1.807) is 42.5 Å². The molecule has 7 nitrogen and oxygen atoms in total. The highest BCUT2D eigenvalue weighted by Crippen LogP contribution is 2.34. The van der Waals surface area contributed by atoms with Crippen LogP contribution in [0.25, 0.3) is 6.08 Å². The minimum Gasteiger partial charge on any atom is -0.490 e. The lowest BCUT2D eigenvalue weighted by Gasteiger charge is -2.35. The Morgan fingerprint density at radius 3 is 1.81 bits per heavy atom. The third-order valence-corrected chi connectivity index (χ3v) is 6.00. The molecule has 0 atom stereocenters. The van der Waals surface area contributed by atoms with E-state index in [1.165, 1.54) is 6.08 Å². The van der Waals surface area contributed by atoms with Crippen LogP contribution in [0, 0.1) is 13.8 Å². The highest BCUT2D eigenvalue weighted by atomic mass is 16.5. The molecule has 0 N–H and O–H groups in total. The van der Waals surface area contributed by atoms with Gasteiger partial charge in [-0.25, -0.2) is 14.6 Å². The van der Waals surface area contributed by atoms with Crippen LogP contribution in [0.5, 0.6) is 11.5 Å². The normalized spacial score (nSPS) is 13.7. The van der Waals surface area contributed by atoms with E-state index >= 15 is 0 Å². The quantitative estimate of drug-likeness (QED) is 0.278. The number of para-hydroxylation sites is 2. The van der Waals surface area contributed by atoms with E-state index in [0.29, 0.717) is 41.7 Å². The zero-order chi connectivity index (χ0) is 26.5. The summed E-state index contributed by atoms with van der Waals surface area (Å²) < 4.78 is 11.5. The molecule has 3 aromatic rings. The van der Waals surface area contributed by atoms with E-state index in [-0.39, 0.29) is 5.57 Å². The molecule has 37 heavy (non-hydrogen) atoms. The van der Waals surface area contributed by atoms with Gasteiger partial charge in [-0.2, -0.15) is 0 Å². The number of benzene rings is 3.